The molecular formula is C29H36N2Ni. The Balaban J connectivity index is 0.00000512. The van der Waals surface area contributed by atoms with E-state index < -0.39 is 0 Å². The van der Waals surface area contributed by atoms with Gasteiger partial charge in [0.25, 0.3) is 0 Å². The average Bonchev–Trinajstić information content (AvgIpc) is 2.78. The average molecular weight is 471 g/mol. The topological polar surface area (TPSA) is 24.7 Å². The molecule has 2 aromatic rings. The molecule has 0 saturated carbocycles. The first kappa shape index (κ1) is 27.6. The van der Waals surface area contributed by atoms with Gasteiger partial charge in [0.1, 0.15) is 0 Å². The van der Waals surface area contributed by atoms with E-state index in [9.17, 15) is 0 Å². The number of nitrogens with zero attached hydrogens (tertiary/aromatic N) is 2. The maximum absolute atomic E-state index is 5.08. The Morgan fingerprint density at radius 3 is 2.12 bits per heavy atom. The molecule has 0 saturated heterocycles. The third-order valence-electron chi connectivity index (χ3n) is 5.01. The number of rotatable bonds is 11. The molecule has 0 radical (unpaired) electrons. The fourth-order valence-corrected chi connectivity index (χ4v) is 3.38. The van der Waals surface area contributed by atoms with Crippen LogP contribution in [0.4, 0.5) is 11.4 Å². The van der Waals surface area contributed by atoms with Crippen LogP contribution in [0.2, 0.25) is 0 Å². The summed E-state index contributed by atoms with van der Waals surface area (Å²) >= 11 is 0. The van der Waals surface area contributed by atoms with Crippen molar-refractivity contribution in [2.24, 2.45) is 9.98 Å². The zero-order chi connectivity index (χ0) is 22.3. The van der Waals surface area contributed by atoms with Gasteiger partial charge in [0, 0.05) is 22.1 Å². The number of aliphatic imine (C=N–C) groups is 2. The summed E-state index contributed by atoms with van der Waals surface area (Å²) in [5.41, 5.74) is 6.38. The molecule has 0 fully saturated rings. The van der Waals surface area contributed by atoms with E-state index in [0.29, 0.717) is 0 Å². The third-order valence-corrected chi connectivity index (χ3v) is 5.01. The van der Waals surface area contributed by atoms with E-state index in [1.54, 1.807) is 0 Å². The SMILES string of the molecule is CC#Cc1cccc(N=C(CCCCC)C(CCCC)=Nc2ccc(/C=C\C)cc2)c1.[Ni]. The van der Waals surface area contributed by atoms with Crippen LogP contribution in [0.15, 0.2) is 64.6 Å². The molecule has 0 aliphatic rings. The van der Waals surface area contributed by atoms with Crippen LogP contribution in [0.3, 0.4) is 0 Å². The normalized spacial score (nSPS) is 11.8. The van der Waals surface area contributed by atoms with Crippen LogP contribution in [0.25, 0.3) is 6.08 Å². The fourth-order valence-electron chi connectivity index (χ4n) is 3.38. The smallest absolute Gasteiger partial charge is 0.0646 e. The van der Waals surface area contributed by atoms with Gasteiger partial charge >= 0.3 is 0 Å². The van der Waals surface area contributed by atoms with Gasteiger partial charge in [-0.2, -0.15) is 0 Å². The molecule has 0 aliphatic carbocycles. The second-order valence-corrected chi connectivity index (χ2v) is 7.69. The van der Waals surface area contributed by atoms with E-state index in [0.717, 1.165) is 60.5 Å². The van der Waals surface area contributed by atoms with Gasteiger partial charge in [-0.15, -0.1) is 5.92 Å². The Labute approximate surface area is 205 Å². The first-order valence-corrected chi connectivity index (χ1v) is 11.6. The van der Waals surface area contributed by atoms with Crippen molar-refractivity contribution < 1.29 is 16.5 Å². The largest absolute Gasteiger partial charge is 0.252 e. The molecule has 0 atom stereocenters. The molecule has 0 aromatic heterocycles. The quantitative estimate of drug-likeness (QED) is 0.136. The standard InChI is InChI=1S/C29H36N2.Ni/c1-5-9-11-18-29(31-27-16-12-15-25(23-27)14-8-4)28(17-10-6-2)30-26-21-19-24(13-7-3)20-22-26;/h7,12-13,15-16,19-23H,5-6,9-11,17-18H2,1-4H3;/b13-7-,30-28?,31-29?;. The fraction of sp³-hybridized carbons (Fsp3) is 0.379. The summed E-state index contributed by atoms with van der Waals surface area (Å²) in [4.78, 5) is 10.1. The molecule has 0 bridgehead atoms. The Kier molecular flexibility index (Phi) is 14.0. The van der Waals surface area contributed by atoms with Crippen molar-refractivity contribution in [3.63, 3.8) is 0 Å². The Bertz CT molecular complexity index is 957. The second kappa shape index (κ2) is 16.2. The van der Waals surface area contributed by atoms with Crippen LogP contribution < -0.4 is 0 Å². The van der Waals surface area contributed by atoms with Crippen LogP contribution in [0, 0.1) is 11.8 Å². The number of hydrogen-bond acceptors (Lipinski definition) is 2. The van der Waals surface area contributed by atoms with Crippen LogP contribution in [0.1, 0.15) is 83.8 Å². The van der Waals surface area contributed by atoms with Crippen molar-refractivity contribution in [2.45, 2.75) is 72.6 Å². The van der Waals surface area contributed by atoms with Crippen molar-refractivity contribution in [2.75, 3.05) is 0 Å². The van der Waals surface area contributed by atoms with E-state index in [-0.39, 0.29) is 16.5 Å². The zero-order valence-electron chi connectivity index (χ0n) is 19.9. The van der Waals surface area contributed by atoms with Gasteiger partial charge in [0.2, 0.25) is 0 Å². The molecule has 0 heterocycles. The van der Waals surface area contributed by atoms with Crippen molar-refractivity contribution in [3.05, 3.63) is 65.7 Å². The molecule has 0 N–H and O–H groups in total. The monoisotopic (exact) mass is 470 g/mol. The number of allylic oxidation sites excluding steroid dienone is 1. The van der Waals surface area contributed by atoms with Gasteiger partial charge in [-0.3, -0.25) is 9.98 Å². The minimum absolute atomic E-state index is 0. The molecule has 172 valence electrons. The third kappa shape index (κ3) is 9.80. The maximum Gasteiger partial charge on any atom is 0.0646 e. The van der Waals surface area contributed by atoms with Crippen molar-refractivity contribution in [1.82, 2.24) is 0 Å². The number of benzene rings is 2. The van der Waals surface area contributed by atoms with E-state index in [4.69, 9.17) is 9.98 Å². The maximum atomic E-state index is 5.08. The molecule has 0 spiro atoms. The Morgan fingerprint density at radius 1 is 0.844 bits per heavy atom. The van der Waals surface area contributed by atoms with Crippen molar-refractivity contribution in [1.29, 1.82) is 0 Å². The Morgan fingerprint density at radius 2 is 1.50 bits per heavy atom. The van der Waals surface area contributed by atoms with Gasteiger partial charge in [-0.05, 0) is 75.4 Å². The second-order valence-electron chi connectivity index (χ2n) is 7.69. The summed E-state index contributed by atoms with van der Waals surface area (Å²) < 4.78 is 0. The molecule has 2 aromatic carbocycles. The summed E-state index contributed by atoms with van der Waals surface area (Å²) in [6.07, 6.45) is 11.9. The predicted molar refractivity (Wildman–Crippen MR) is 138 cm³/mol. The van der Waals surface area contributed by atoms with Crippen LogP contribution >= 0.6 is 0 Å². The molecule has 32 heavy (non-hydrogen) atoms. The van der Waals surface area contributed by atoms with Gasteiger partial charge in [-0.1, -0.05) is 69.4 Å². The van der Waals surface area contributed by atoms with Crippen LogP contribution in [-0.2, 0) is 16.5 Å². The first-order chi connectivity index (χ1) is 15.2. The van der Waals surface area contributed by atoms with Gasteiger partial charge in [-0.25, -0.2) is 0 Å². The Hall–Kier alpha value is -2.43. The molecule has 0 amide bonds. The molecule has 2 nitrogen and oxygen atoms in total. The van der Waals surface area contributed by atoms with E-state index in [2.05, 4.69) is 74.2 Å². The summed E-state index contributed by atoms with van der Waals surface area (Å²) in [5.74, 6) is 6.11. The van der Waals surface area contributed by atoms with Gasteiger partial charge in [0.05, 0.1) is 22.8 Å². The zero-order valence-corrected chi connectivity index (χ0v) is 20.9. The van der Waals surface area contributed by atoms with Crippen molar-refractivity contribution in [3.8, 4) is 11.8 Å². The predicted octanol–water partition coefficient (Wildman–Crippen LogP) is 8.70. The molecular weight excluding hydrogens is 435 g/mol. The summed E-state index contributed by atoms with van der Waals surface area (Å²) in [6.45, 7) is 8.37. The summed E-state index contributed by atoms with van der Waals surface area (Å²) in [7, 11) is 0. The molecule has 0 unspecified atom stereocenters. The van der Waals surface area contributed by atoms with E-state index in [1.807, 2.05) is 26.0 Å². The van der Waals surface area contributed by atoms with Crippen molar-refractivity contribution >= 4 is 28.9 Å². The van der Waals surface area contributed by atoms with Gasteiger partial charge < -0.3 is 0 Å². The van der Waals surface area contributed by atoms with Gasteiger partial charge in [0.15, 0.2) is 0 Å². The minimum Gasteiger partial charge on any atom is -0.252 e. The van der Waals surface area contributed by atoms with E-state index >= 15 is 0 Å². The molecule has 3 heteroatoms. The van der Waals surface area contributed by atoms with Crippen LogP contribution in [-0.4, -0.2) is 11.4 Å². The minimum atomic E-state index is 0. The van der Waals surface area contributed by atoms with Crippen LogP contribution in [0.5, 0.6) is 0 Å². The molecule has 0 aliphatic heterocycles. The van der Waals surface area contributed by atoms with E-state index in [1.165, 1.54) is 18.4 Å². The number of hydrogen-bond donors (Lipinski definition) is 0. The molecule has 2 rings (SSSR count). The summed E-state index contributed by atoms with van der Waals surface area (Å²) in [6, 6.07) is 16.6. The first-order valence-electron chi connectivity index (χ1n) is 11.6. The number of unbranched alkanes of at least 4 members (excludes halogenated alkanes) is 3. The summed E-state index contributed by atoms with van der Waals surface area (Å²) in [5, 5.41) is 0.